The molecular formula is C15H20ClFN2O2. The normalized spacial score (nSPS) is 19.5. The summed E-state index contributed by atoms with van der Waals surface area (Å²) >= 11 is 5.97. The summed E-state index contributed by atoms with van der Waals surface area (Å²) in [6.07, 6.45) is 1.31. The fraction of sp³-hybridized carbons (Fsp3) is 0.533. The maximum absolute atomic E-state index is 13.7. The molecule has 1 aliphatic heterocycles. The molecule has 1 fully saturated rings. The summed E-state index contributed by atoms with van der Waals surface area (Å²) in [6.45, 7) is 1.69. The predicted octanol–water partition coefficient (Wildman–Crippen LogP) is 1.89. The average Bonchev–Trinajstić information content (AvgIpc) is 2.43. The van der Waals surface area contributed by atoms with Gasteiger partial charge >= 0.3 is 0 Å². The molecule has 4 nitrogen and oxygen atoms in total. The van der Waals surface area contributed by atoms with Crippen molar-refractivity contribution in [1.29, 1.82) is 0 Å². The third kappa shape index (κ3) is 4.40. The zero-order valence-corrected chi connectivity index (χ0v) is 12.8. The first-order valence-corrected chi connectivity index (χ1v) is 7.42. The van der Waals surface area contributed by atoms with Gasteiger partial charge in [0.2, 0.25) is 5.91 Å². The molecule has 21 heavy (non-hydrogen) atoms. The average molecular weight is 315 g/mol. The van der Waals surface area contributed by atoms with Crippen LogP contribution in [0, 0.1) is 5.82 Å². The van der Waals surface area contributed by atoms with E-state index in [4.69, 9.17) is 11.6 Å². The summed E-state index contributed by atoms with van der Waals surface area (Å²) in [5.74, 6) is -0.515. The van der Waals surface area contributed by atoms with Gasteiger partial charge in [0.15, 0.2) is 0 Å². The highest BCUT2D eigenvalue weighted by Gasteiger charge is 2.22. The second-order valence-electron chi connectivity index (χ2n) is 5.48. The summed E-state index contributed by atoms with van der Waals surface area (Å²) in [6, 6.07) is 4.48. The number of rotatable bonds is 4. The van der Waals surface area contributed by atoms with Crippen LogP contribution in [-0.4, -0.2) is 53.6 Å². The van der Waals surface area contributed by atoms with E-state index >= 15 is 0 Å². The number of hydrogen-bond donors (Lipinski definition) is 1. The first-order valence-electron chi connectivity index (χ1n) is 7.04. The van der Waals surface area contributed by atoms with Crippen LogP contribution in [0.25, 0.3) is 0 Å². The second kappa shape index (κ2) is 7.20. The molecule has 0 aromatic heterocycles. The summed E-state index contributed by atoms with van der Waals surface area (Å²) in [5, 5.41) is 9.93. The number of piperidine rings is 1. The number of β-amino-alcohol motifs (C(OH)–C–C–N with tert-alkyl or cyclic N) is 1. The fourth-order valence-electron chi connectivity index (χ4n) is 2.50. The third-order valence-electron chi connectivity index (χ3n) is 3.72. The lowest BCUT2D eigenvalue weighted by Gasteiger charge is -2.30. The number of carbonyl (C=O) groups is 1. The maximum Gasteiger partial charge on any atom is 0.236 e. The summed E-state index contributed by atoms with van der Waals surface area (Å²) in [4.78, 5) is 15.6. The molecule has 1 heterocycles. The van der Waals surface area contributed by atoms with Crippen molar-refractivity contribution in [1.82, 2.24) is 9.80 Å². The monoisotopic (exact) mass is 314 g/mol. The van der Waals surface area contributed by atoms with Gasteiger partial charge in [-0.3, -0.25) is 9.69 Å². The van der Waals surface area contributed by atoms with E-state index in [9.17, 15) is 14.3 Å². The Morgan fingerprint density at radius 1 is 1.57 bits per heavy atom. The largest absolute Gasteiger partial charge is 0.392 e. The van der Waals surface area contributed by atoms with E-state index in [1.165, 1.54) is 17.0 Å². The summed E-state index contributed by atoms with van der Waals surface area (Å²) < 4.78 is 13.7. The number of aliphatic hydroxyl groups is 1. The van der Waals surface area contributed by atoms with Crippen LogP contribution < -0.4 is 0 Å². The van der Waals surface area contributed by atoms with Gasteiger partial charge in [-0.25, -0.2) is 4.39 Å². The van der Waals surface area contributed by atoms with Crippen LogP contribution in [0.4, 0.5) is 4.39 Å². The lowest BCUT2D eigenvalue weighted by Crippen LogP contribution is -2.44. The van der Waals surface area contributed by atoms with E-state index in [1.807, 2.05) is 4.90 Å². The van der Waals surface area contributed by atoms with Gasteiger partial charge in [-0.1, -0.05) is 17.7 Å². The van der Waals surface area contributed by atoms with Crippen LogP contribution in [-0.2, 0) is 11.3 Å². The standard InChI is InChI=1S/C15H20ClFN2O2/c1-18(9-12-13(16)5-2-6-14(12)17)15(21)10-19-7-3-4-11(20)8-19/h2,5-6,11,20H,3-4,7-10H2,1H3. The molecule has 116 valence electrons. The number of aliphatic hydroxyl groups excluding tert-OH is 1. The van der Waals surface area contributed by atoms with Gasteiger partial charge in [-0.2, -0.15) is 0 Å². The lowest BCUT2D eigenvalue weighted by molar-refractivity contribution is -0.132. The number of likely N-dealkylation sites (N-methyl/N-ethyl adjacent to an activating group) is 1. The van der Waals surface area contributed by atoms with Crippen molar-refractivity contribution in [2.24, 2.45) is 0 Å². The molecule has 0 radical (unpaired) electrons. The molecule has 1 atom stereocenters. The summed E-state index contributed by atoms with van der Waals surface area (Å²) in [5.41, 5.74) is 0.327. The Morgan fingerprint density at radius 2 is 2.33 bits per heavy atom. The Hall–Kier alpha value is -1.17. The number of amides is 1. The molecule has 1 amide bonds. The minimum atomic E-state index is -0.407. The number of benzene rings is 1. The van der Waals surface area contributed by atoms with Gasteiger partial charge in [0.25, 0.3) is 0 Å². The van der Waals surface area contributed by atoms with Crippen LogP contribution >= 0.6 is 11.6 Å². The van der Waals surface area contributed by atoms with Crippen LogP contribution in [0.1, 0.15) is 18.4 Å². The molecular weight excluding hydrogens is 295 g/mol. The lowest BCUT2D eigenvalue weighted by atomic mass is 10.1. The number of hydrogen-bond acceptors (Lipinski definition) is 3. The molecule has 6 heteroatoms. The van der Waals surface area contributed by atoms with Crippen LogP contribution in [0.3, 0.4) is 0 Å². The molecule has 1 aliphatic rings. The van der Waals surface area contributed by atoms with E-state index in [-0.39, 0.29) is 25.1 Å². The molecule has 1 unspecified atom stereocenters. The molecule has 0 bridgehead atoms. The number of halogens is 2. The quantitative estimate of drug-likeness (QED) is 0.923. The molecule has 1 N–H and O–H groups in total. The van der Waals surface area contributed by atoms with E-state index in [1.54, 1.807) is 13.1 Å². The molecule has 1 aromatic rings. The van der Waals surface area contributed by atoms with Gasteiger partial charge in [0.05, 0.1) is 12.6 Å². The molecule has 2 rings (SSSR count). The van der Waals surface area contributed by atoms with Gasteiger partial charge in [-0.15, -0.1) is 0 Å². The minimum Gasteiger partial charge on any atom is -0.392 e. The van der Waals surface area contributed by atoms with Gasteiger partial charge in [0, 0.05) is 30.7 Å². The second-order valence-corrected chi connectivity index (χ2v) is 5.89. The van der Waals surface area contributed by atoms with E-state index < -0.39 is 5.82 Å². The first kappa shape index (κ1) is 16.2. The fourth-order valence-corrected chi connectivity index (χ4v) is 2.72. The van der Waals surface area contributed by atoms with Gasteiger partial charge in [0.1, 0.15) is 5.82 Å². The number of nitrogens with zero attached hydrogens (tertiary/aromatic N) is 2. The predicted molar refractivity (Wildman–Crippen MR) is 79.6 cm³/mol. The van der Waals surface area contributed by atoms with Crippen molar-refractivity contribution in [3.8, 4) is 0 Å². The third-order valence-corrected chi connectivity index (χ3v) is 4.08. The highest BCUT2D eigenvalue weighted by Crippen LogP contribution is 2.20. The highest BCUT2D eigenvalue weighted by atomic mass is 35.5. The zero-order valence-electron chi connectivity index (χ0n) is 12.1. The molecule has 0 spiro atoms. The van der Waals surface area contributed by atoms with Crippen molar-refractivity contribution >= 4 is 17.5 Å². The molecule has 0 saturated carbocycles. The first-order chi connectivity index (χ1) is 9.97. The topological polar surface area (TPSA) is 43.8 Å². The Labute approximate surface area is 129 Å². The minimum absolute atomic E-state index is 0.108. The van der Waals surface area contributed by atoms with Crippen molar-refractivity contribution < 1.29 is 14.3 Å². The SMILES string of the molecule is CN(Cc1c(F)cccc1Cl)C(=O)CN1CCCC(O)C1. The smallest absolute Gasteiger partial charge is 0.236 e. The van der Waals surface area contributed by atoms with Crippen molar-refractivity contribution in [3.63, 3.8) is 0 Å². The van der Waals surface area contributed by atoms with Crippen LogP contribution in [0.5, 0.6) is 0 Å². The van der Waals surface area contributed by atoms with Crippen molar-refractivity contribution in [2.75, 3.05) is 26.7 Å². The van der Waals surface area contributed by atoms with E-state index in [2.05, 4.69) is 0 Å². The number of carbonyl (C=O) groups excluding carboxylic acids is 1. The highest BCUT2D eigenvalue weighted by molar-refractivity contribution is 6.31. The van der Waals surface area contributed by atoms with Crippen LogP contribution in [0.15, 0.2) is 18.2 Å². The Kier molecular flexibility index (Phi) is 5.56. The van der Waals surface area contributed by atoms with Gasteiger partial charge in [-0.05, 0) is 31.5 Å². The van der Waals surface area contributed by atoms with Gasteiger partial charge < -0.3 is 10.0 Å². The Balaban J connectivity index is 1.93. The molecule has 0 aliphatic carbocycles. The van der Waals surface area contributed by atoms with E-state index in [0.29, 0.717) is 17.1 Å². The van der Waals surface area contributed by atoms with Crippen LogP contribution in [0.2, 0.25) is 5.02 Å². The Morgan fingerprint density at radius 3 is 3.00 bits per heavy atom. The zero-order chi connectivity index (χ0) is 15.4. The van der Waals surface area contributed by atoms with Crippen molar-refractivity contribution in [2.45, 2.75) is 25.5 Å². The summed E-state index contributed by atoms with van der Waals surface area (Å²) in [7, 11) is 1.63. The Bertz CT molecular complexity index is 492. The molecule has 1 saturated heterocycles. The van der Waals surface area contributed by atoms with E-state index in [0.717, 1.165) is 19.4 Å². The van der Waals surface area contributed by atoms with Crippen molar-refractivity contribution in [3.05, 3.63) is 34.6 Å². The molecule has 1 aromatic carbocycles. The maximum atomic E-state index is 13.7. The number of likely N-dealkylation sites (tertiary alicyclic amines) is 1.